The molecule has 6 N–H and O–H groups in total. The molecule has 1 saturated heterocycles. The van der Waals surface area contributed by atoms with Crippen molar-refractivity contribution in [2.75, 3.05) is 5.73 Å². The average Bonchev–Trinajstić information content (AvgIpc) is 3.48. The van der Waals surface area contributed by atoms with Crippen LogP contribution >= 0.6 is 0 Å². The summed E-state index contributed by atoms with van der Waals surface area (Å²) in [5.74, 6) is 7.63. The number of nitrogens with zero attached hydrogens (tertiary/aromatic N) is 4. The number of nitrogens with two attached hydrogens (primary N) is 1. The summed E-state index contributed by atoms with van der Waals surface area (Å²) in [6.07, 6.45) is 3.43. The number of imidazole rings is 1. The predicted octanol–water partition coefficient (Wildman–Crippen LogP) is -0.155. The van der Waals surface area contributed by atoms with Gasteiger partial charge < -0.3 is 31.1 Å². The number of aliphatic hydroxyl groups excluding tert-OH is 2. The first kappa shape index (κ1) is 22.4. The fraction of sp³-hybridized carbons (Fsp3) is 0.680. The zero-order valence-electron chi connectivity index (χ0n) is 19.7. The maximum absolute atomic E-state index is 12.5. The molecule has 4 unspecified atom stereocenters. The molecule has 2 aromatic rings. The summed E-state index contributed by atoms with van der Waals surface area (Å²) in [6.45, 7) is 0. The average molecular weight is 495 g/mol. The summed E-state index contributed by atoms with van der Waals surface area (Å²) < 4.78 is 7.22. The van der Waals surface area contributed by atoms with Crippen LogP contribution in [0.15, 0.2) is 6.33 Å². The van der Waals surface area contributed by atoms with E-state index in [-0.39, 0.29) is 35.2 Å². The lowest BCUT2D eigenvalue weighted by molar-refractivity contribution is -0.137. The van der Waals surface area contributed by atoms with Crippen LogP contribution < -0.4 is 11.1 Å². The maximum atomic E-state index is 12.5. The SMILES string of the molecule is Nc1nc(C#CC2(O)C3CC4CC(C3)CC2C4)nc2c1ncn2C1OC(C(=O)NC2CC2)C(O)C1O. The Balaban J connectivity index is 1.19. The molecule has 11 heteroatoms. The number of rotatable bonds is 3. The van der Waals surface area contributed by atoms with Gasteiger partial charge in [-0.05, 0) is 74.5 Å². The molecule has 190 valence electrons. The van der Waals surface area contributed by atoms with E-state index in [4.69, 9.17) is 10.5 Å². The molecule has 1 aliphatic heterocycles. The number of anilines is 1. The molecule has 3 heterocycles. The number of fused-ring (bicyclic) bond motifs is 1. The standard InChI is InChI=1S/C25H30N6O5/c26-21-17-22(31(10-27-17)24-19(33)18(32)20(36-24)23(34)28-15-1-2-15)30-16(29-21)3-4-25(35)13-6-11-5-12(8-13)9-14(25)7-11/h10-15,18-20,24,32-33,35H,1-2,5-9H2,(H,28,34)(H2,26,29,30). The summed E-state index contributed by atoms with van der Waals surface area (Å²) in [5, 5.41) is 35.5. The van der Waals surface area contributed by atoms with Crippen LogP contribution in [0.3, 0.4) is 0 Å². The van der Waals surface area contributed by atoms with E-state index in [0.29, 0.717) is 17.4 Å². The Hall–Kier alpha value is -2.78. The van der Waals surface area contributed by atoms with E-state index in [1.54, 1.807) is 0 Å². The van der Waals surface area contributed by atoms with Gasteiger partial charge in [0.1, 0.15) is 23.3 Å². The molecule has 4 atom stereocenters. The molecule has 5 aliphatic carbocycles. The van der Waals surface area contributed by atoms with Gasteiger partial charge in [-0.25, -0.2) is 15.0 Å². The van der Waals surface area contributed by atoms with Gasteiger partial charge in [-0.3, -0.25) is 9.36 Å². The molecular formula is C25H30N6O5. The van der Waals surface area contributed by atoms with Crippen LogP contribution in [0.4, 0.5) is 5.82 Å². The van der Waals surface area contributed by atoms with Crippen LogP contribution in [0, 0.1) is 35.5 Å². The van der Waals surface area contributed by atoms with Gasteiger partial charge in [0.2, 0.25) is 5.82 Å². The Labute approximate surface area is 207 Å². The van der Waals surface area contributed by atoms with Gasteiger partial charge in [-0.15, -0.1) is 0 Å². The Bertz CT molecular complexity index is 1270. The summed E-state index contributed by atoms with van der Waals surface area (Å²) in [7, 11) is 0. The first-order valence-electron chi connectivity index (χ1n) is 12.9. The predicted molar refractivity (Wildman–Crippen MR) is 126 cm³/mol. The number of carbonyl (C=O) groups excluding carboxylic acids is 1. The highest BCUT2D eigenvalue weighted by Gasteiger charge is 2.56. The number of hydrogen-bond acceptors (Lipinski definition) is 9. The number of amides is 1. The highest BCUT2D eigenvalue weighted by molar-refractivity contribution is 5.83. The summed E-state index contributed by atoms with van der Waals surface area (Å²) >= 11 is 0. The van der Waals surface area contributed by atoms with Crippen LogP contribution in [-0.2, 0) is 9.53 Å². The second-order valence-electron chi connectivity index (χ2n) is 11.3. The van der Waals surface area contributed by atoms with E-state index in [1.165, 1.54) is 17.3 Å². The number of nitrogens with one attached hydrogen (secondary N) is 1. The second kappa shape index (κ2) is 7.86. The Morgan fingerprint density at radius 1 is 1.11 bits per heavy atom. The van der Waals surface area contributed by atoms with Crippen molar-refractivity contribution in [1.82, 2.24) is 24.8 Å². The Morgan fingerprint density at radius 2 is 1.81 bits per heavy atom. The number of carbonyl (C=O) groups is 1. The molecule has 2 aromatic heterocycles. The van der Waals surface area contributed by atoms with Crippen molar-refractivity contribution in [3.63, 3.8) is 0 Å². The van der Waals surface area contributed by atoms with Crippen LogP contribution in [0.2, 0.25) is 0 Å². The van der Waals surface area contributed by atoms with Gasteiger partial charge >= 0.3 is 0 Å². The molecule has 6 fully saturated rings. The van der Waals surface area contributed by atoms with E-state index in [1.807, 2.05) is 0 Å². The number of nitrogen functional groups attached to an aromatic ring is 1. The molecular weight excluding hydrogens is 464 g/mol. The van der Waals surface area contributed by atoms with E-state index < -0.39 is 36.0 Å². The lowest BCUT2D eigenvalue weighted by Gasteiger charge is -2.56. The number of ether oxygens (including phenoxy) is 1. The number of hydrogen-bond donors (Lipinski definition) is 5. The van der Waals surface area contributed by atoms with Crippen molar-refractivity contribution in [3.05, 3.63) is 12.2 Å². The van der Waals surface area contributed by atoms with Crippen molar-refractivity contribution < 1.29 is 24.9 Å². The smallest absolute Gasteiger partial charge is 0.252 e. The Kier molecular flexibility index (Phi) is 4.89. The largest absolute Gasteiger partial charge is 0.387 e. The van der Waals surface area contributed by atoms with Gasteiger partial charge in [0, 0.05) is 6.04 Å². The minimum absolute atomic E-state index is 0.0940. The van der Waals surface area contributed by atoms with Gasteiger partial charge in [-0.1, -0.05) is 5.92 Å². The van der Waals surface area contributed by atoms with Crippen LogP contribution in [-0.4, -0.2) is 70.7 Å². The molecule has 5 saturated carbocycles. The molecule has 0 aromatic carbocycles. The normalized spacial score (nSPS) is 40.9. The highest BCUT2D eigenvalue weighted by Crippen LogP contribution is 2.58. The third-order valence-corrected chi connectivity index (χ3v) is 8.90. The second-order valence-corrected chi connectivity index (χ2v) is 11.3. The maximum Gasteiger partial charge on any atom is 0.252 e. The Morgan fingerprint density at radius 3 is 2.47 bits per heavy atom. The summed E-state index contributed by atoms with van der Waals surface area (Å²) in [6, 6.07) is 0.0940. The lowest BCUT2D eigenvalue weighted by Crippen LogP contribution is -2.56. The lowest BCUT2D eigenvalue weighted by atomic mass is 9.50. The minimum atomic E-state index is -1.41. The van der Waals surface area contributed by atoms with Crippen molar-refractivity contribution in [2.45, 2.75) is 81.1 Å². The van der Waals surface area contributed by atoms with Crippen molar-refractivity contribution in [3.8, 4) is 11.8 Å². The molecule has 0 spiro atoms. The zero-order chi connectivity index (χ0) is 24.8. The van der Waals surface area contributed by atoms with E-state index in [2.05, 4.69) is 32.1 Å². The molecule has 8 rings (SSSR count). The van der Waals surface area contributed by atoms with Gasteiger partial charge in [-0.2, -0.15) is 0 Å². The van der Waals surface area contributed by atoms with E-state index in [9.17, 15) is 20.1 Å². The van der Waals surface area contributed by atoms with Crippen molar-refractivity contribution in [2.24, 2.45) is 23.7 Å². The summed E-state index contributed by atoms with van der Waals surface area (Å²) in [5.41, 5.74) is 5.67. The monoisotopic (exact) mass is 494 g/mol. The van der Waals surface area contributed by atoms with Crippen molar-refractivity contribution in [1.29, 1.82) is 0 Å². The van der Waals surface area contributed by atoms with Crippen LogP contribution in [0.5, 0.6) is 0 Å². The first-order valence-corrected chi connectivity index (χ1v) is 12.9. The van der Waals surface area contributed by atoms with E-state index in [0.717, 1.165) is 38.5 Å². The van der Waals surface area contributed by atoms with E-state index >= 15 is 0 Å². The third-order valence-electron chi connectivity index (χ3n) is 8.90. The molecule has 1 amide bonds. The van der Waals surface area contributed by atoms with Gasteiger partial charge in [0.05, 0.1) is 6.33 Å². The van der Waals surface area contributed by atoms with Gasteiger partial charge in [0.15, 0.2) is 23.8 Å². The molecule has 0 radical (unpaired) electrons. The van der Waals surface area contributed by atoms with Crippen molar-refractivity contribution >= 4 is 22.9 Å². The molecule has 11 nitrogen and oxygen atoms in total. The van der Waals surface area contributed by atoms with Gasteiger partial charge in [0.25, 0.3) is 5.91 Å². The zero-order valence-corrected chi connectivity index (χ0v) is 19.7. The molecule has 4 bridgehead atoms. The molecule has 6 aliphatic rings. The highest BCUT2D eigenvalue weighted by atomic mass is 16.6. The fourth-order valence-corrected chi connectivity index (χ4v) is 7.06. The topological polar surface area (TPSA) is 169 Å². The number of aromatic nitrogens is 4. The third kappa shape index (κ3) is 3.43. The summed E-state index contributed by atoms with van der Waals surface area (Å²) in [4.78, 5) is 25.5. The van der Waals surface area contributed by atoms with Crippen LogP contribution in [0.25, 0.3) is 11.2 Å². The molecule has 36 heavy (non-hydrogen) atoms. The fourth-order valence-electron chi connectivity index (χ4n) is 7.06. The first-order chi connectivity index (χ1) is 17.3. The van der Waals surface area contributed by atoms with Crippen LogP contribution in [0.1, 0.15) is 57.0 Å². The number of aliphatic hydroxyl groups is 3. The quantitative estimate of drug-likeness (QED) is 0.364. The minimum Gasteiger partial charge on any atom is -0.387 e.